The van der Waals surface area contributed by atoms with Crippen molar-refractivity contribution in [1.29, 1.82) is 5.26 Å². The summed E-state index contributed by atoms with van der Waals surface area (Å²) in [5, 5.41) is 8.86. The van der Waals surface area contributed by atoms with Gasteiger partial charge in [0.2, 0.25) is 0 Å². The molecule has 88 valence electrons. The number of carbonyl (C=O) groups excluding carboxylic acids is 1. The van der Waals surface area contributed by atoms with Gasteiger partial charge in [-0.3, -0.25) is 4.79 Å². The topological polar surface area (TPSA) is 66.2 Å². The van der Waals surface area contributed by atoms with Gasteiger partial charge < -0.3 is 9.64 Å². The van der Waals surface area contributed by atoms with Crippen molar-refractivity contribution in [3.63, 3.8) is 0 Å². The van der Waals surface area contributed by atoms with Crippen LogP contribution in [0.5, 0.6) is 5.75 Å². The van der Waals surface area contributed by atoms with E-state index in [1.165, 1.54) is 4.90 Å². The molecular weight excluding hydrogens is 218 g/mol. The van der Waals surface area contributed by atoms with E-state index in [-0.39, 0.29) is 23.4 Å². The molecule has 0 bridgehead atoms. The van der Waals surface area contributed by atoms with Crippen molar-refractivity contribution < 1.29 is 9.53 Å². The molecule has 0 saturated heterocycles. The number of carbonyl (C=O) groups is 1. The molecule has 0 radical (unpaired) electrons. The van der Waals surface area contributed by atoms with Crippen LogP contribution < -0.4 is 4.74 Å². The molecule has 1 amide bonds. The van der Waals surface area contributed by atoms with Crippen LogP contribution in [0.15, 0.2) is 12.1 Å². The molecule has 1 saturated carbocycles. The smallest absolute Gasteiger partial charge is 0.272 e. The Hall–Kier alpha value is -2.09. The number of nitriles is 1. The van der Waals surface area contributed by atoms with E-state index in [1.807, 2.05) is 6.07 Å². The Morgan fingerprint density at radius 1 is 1.53 bits per heavy atom. The molecule has 1 aliphatic carbocycles. The van der Waals surface area contributed by atoms with Gasteiger partial charge in [0.1, 0.15) is 23.2 Å². The fourth-order valence-corrected chi connectivity index (χ4v) is 1.35. The Morgan fingerprint density at radius 2 is 2.24 bits per heavy atom. The Balaban J connectivity index is 2.31. The highest BCUT2D eigenvalue weighted by Gasteiger charge is 2.24. The van der Waals surface area contributed by atoms with Gasteiger partial charge in [0, 0.05) is 26.2 Å². The average molecular weight is 231 g/mol. The molecular formula is C12H13N3O2. The van der Waals surface area contributed by atoms with E-state index in [1.54, 1.807) is 26.2 Å². The second kappa shape index (κ2) is 4.42. The van der Waals surface area contributed by atoms with E-state index in [2.05, 4.69) is 4.98 Å². The van der Waals surface area contributed by atoms with E-state index < -0.39 is 0 Å². The number of ether oxygens (including phenoxy) is 1. The lowest BCUT2D eigenvalue weighted by molar-refractivity contribution is 0.0821. The fraction of sp³-hybridized carbons (Fsp3) is 0.417. The normalized spacial score (nSPS) is 13.9. The number of aromatic nitrogens is 1. The number of nitrogens with zero attached hydrogens (tertiary/aromatic N) is 3. The Labute approximate surface area is 99.6 Å². The fourth-order valence-electron chi connectivity index (χ4n) is 1.35. The highest BCUT2D eigenvalue weighted by Crippen LogP contribution is 2.27. The number of hydrogen-bond donors (Lipinski definition) is 0. The number of rotatable bonds is 3. The number of amides is 1. The third-order valence-electron chi connectivity index (χ3n) is 2.37. The molecule has 0 atom stereocenters. The maximum Gasteiger partial charge on any atom is 0.272 e. The largest absolute Gasteiger partial charge is 0.490 e. The zero-order valence-electron chi connectivity index (χ0n) is 9.80. The zero-order valence-corrected chi connectivity index (χ0v) is 9.80. The van der Waals surface area contributed by atoms with E-state index in [0.29, 0.717) is 5.75 Å². The Morgan fingerprint density at radius 3 is 2.76 bits per heavy atom. The molecule has 1 fully saturated rings. The summed E-state index contributed by atoms with van der Waals surface area (Å²) in [7, 11) is 3.29. The van der Waals surface area contributed by atoms with Crippen LogP contribution in [-0.4, -0.2) is 36.0 Å². The van der Waals surface area contributed by atoms with Crippen LogP contribution >= 0.6 is 0 Å². The van der Waals surface area contributed by atoms with Crippen molar-refractivity contribution in [3.8, 4) is 11.8 Å². The van der Waals surface area contributed by atoms with E-state index in [4.69, 9.17) is 10.00 Å². The summed E-state index contributed by atoms with van der Waals surface area (Å²) in [6, 6.07) is 5.08. The van der Waals surface area contributed by atoms with Gasteiger partial charge >= 0.3 is 0 Å². The van der Waals surface area contributed by atoms with Crippen molar-refractivity contribution in [3.05, 3.63) is 23.5 Å². The maximum absolute atomic E-state index is 11.8. The van der Waals surface area contributed by atoms with Crippen molar-refractivity contribution in [1.82, 2.24) is 9.88 Å². The molecule has 1 aliphatic rings. The van der Waals surface area contributed by atoms with Gasteiger partial charge in [-0.15, -0.1) is 0 Å². The van der Waals surface area contributed by atoms with E-state index >= 15 is 0 Å². The van der Waals surface area contributed by atoms with Crippen LogP contribution in [-0.2, 0) is 0 Å². The molecule has 2 rings (SSSR count). The van der Waals surface area contributed by atoms with Gasteiger partial charge in [0.25, 0.3) is 5.91 Å². The van der Waals surface area contributed by atoms with Gasteiger partial charge in [0.05, 0.1) is 6.10 Å². The summed E-state index contributed by atoms with van der Waals surface area (Å²) in [6.07, 6.45) is 2.29. The van der Waals surface area contributed by atoms with Gasteiger partial charge in [0.15, 0.2) is 0 Å². The van der Waals surface area contributed by atoms with Gasteiger partial charge in [-0.2, -0.15) is 5.26 Å². The molecule has 0 unspecified atom stereocenters. The zero-order chi connectivity index (χ0) is 12.4. The first kappa shape index (κ1) is 11.4. The first-order chi connectivity index (χ1) is 8.10. The van der Waals surface area contributed by atoms with Gasteiger partial charge in [-0.05, 0) is 12.8 Å². The summed E-state index contributed by atoms with van der Waals surface area (Å²) < 4.78 is 5.58. The minimum atomic E-state index is -0.234. The predicted molar refractivity (Wildman–Crippen MR) is 60.6 cm³/mol. The lowest BCUT2D eigenvalue weighted by atomic mass is 10.2. The Bertz CT molecular complexity index is 487. The van der Waals surface area contributed by atoms with Crippen molar-refractivity contribution in [2.24, 2.45) is 0 Å². The van der Waals surface area contributed by atoms with E-state index in [0.717, 1.165) is 12.8 Å². The third kappa shape index (κ3) is 2.72. The maximum atomic E-state index is 11.8. The second-order valence-electron chi connectivity index (χ2n) is 4.20. The number of hydrogen-bond acceptors (Lipinski definition) is 4. The van der Waals surface area contributed by atoms with Crippen molar-refractivity contribution in [2.75, 3.05) is 14.1 Å². The molecule has 0 N–H and O–H groups in total. The molecule has 0 aliphatic heterocycles. The minimum absolute atomic E-state index is 0.202. The molecule has 5 heteroatoms. The summed E-state index contributed by atoms with van der Waals surface area (Å²) in [6.45, 7) is 0. The van der Waals surface area contributed by atoms with Crippen LogP contribution in [0.3, 0.4) is 0 Å². The summed E-state index contributed by atoms with van der Waals surface area (Å²) >= 11 is 0. The van der Waals surface area contributed by atoms with Crippen molar-refractivity contribution >= 4 is 5.91 Å². The van der Waals surface area contributed by atoms with Crippen LogP contribution in [0.25, 0.3) is 0 Å². The summed E-state index contributed by atoms with van der Waals surface area (Å²) in [5.41, 5.74) is 0.443. The molecule has 1 aromatic rings. The monoisotopic (exact) mass is 231 g/mol. The lowest BCUT2D eigenvalue weighted by Crippen LogP contribution is -2.23. The second-order valence-corrected chi connectivity index (χ2v) is 4.20. The van der Waals surface area contributed by atoms with Gasteiger partial charge in [-0.25, -0.2) is 4.98 Å². The van der Waals surface area contributed by atoms with Gasteiger partial charge in [-0.1, -0.05) is 0 Å². The quantitative estimate of drug-likeness (QED) is 0.783. The Kier molecular flexibility index (Phi) is 2.96. The van der Waals surface area contributed by atoms with Crippen LogP contribution in [0.2, 0.25) is 0 Å². The molecule has 5 nitrogen and oxygen atoms in total. The SMILES string of the molecule is CN(C)C(=O)c1cc(OC2CC2)cc(C#N)n1. The molecule has 0 spiro atoms. The lowest BCUT2D eigenvalue weighted by Gasteiger charge is -2.11. The van der Waals surface area contributed by atoms with Crippen LogP contribution in [0, 0.1) is 11.3 Å². The third-order valence-corrected chi connectivity index (χ3v) is 2.37. The summed E-state index contributed by atoms with van der Waals surface area (Å²) in [4.78, 5) is 17.2. The highest BCUT2D eigenvalue weighted by molar-refractivity contribution is 5.92. The summed E-state index contributed by atoms with van der Waals surface area (Å²) in [5.74, 6) is 0.312. The molecule has 0 aromatic carbocycles. The minimum Gasteiger partial charge on any atom is -0.490 e. The predicted octanol–water partition coefficient (Wildman–Crippen LogP) is 1.20. The number of pyridine rings is 1. The molecule has 17 heavy (non-hydrogen) atoms. The standard InChI is InChI=1S/C12H13N3O2/c1-15(2)12(16)11-6-10(17-9-3-4-9)5-8(7-13)14-11/h5-6,9H,3-4H2,1-2H3. The first-order valence-corrected chi connectivity index (χ1v) is 5.40. The highest BCUT2D eigenvalue weighted by atomic mass is 16.5. The molecule has 1 aromatic heterocycles. The van der Waals surface area contributed by atoms with Crippen LogP contribution in [0.4, 0.5) is 0 Å². The molecule has 1 heterocycles. The van der Waals surface area contributed by atoms with E-state index in [9.17, 15) is 4.79 Å². The van der Waals surface area contributed by atoms with Crippen LogP contribution in [0.1, 0.15) is 29.0 Å². The first-order valence-electron chi connectivity index (χ1n) is 5.40. The average Bonchev–Trinajstić information content (AvgIpc) is 3.11. The van der Waals surface area contributed by atoms with Crippen molar-refractivity contribution in [2.45, 2.75) is 18.9 Å².